The van der Waals surface area contributed by atoms with Crippen molar-refractivity contribution in [2.24, 2.45) is 0 Å². The van der Waals surface area contributed by atoms with Gasteiger partial charge in [-0.3, -0.25) is 0 Å². The van der Waals surface area contributed by atoms with Crippen LogP contribution in [-0.2, 0) is 0 Å². The molecule has 67 heavy (non-hydrogen) atoms. The highest BCUT2D eigenvalue weighted by Gasteiger charge is 2.20. The van der Waals surface area contributed by atoms with Gasteiger partial charge >= 0.3 is 0 Å². The van der Waals surface area contributed by atoms with Crippen LogP contribution < -0.4 is 0 Å². The molecule has 314 valence electrons. The van der Waals surface area contributed by atoms with Crippen LogP contribution in [0.5, 0.6) is 0 Å². The van der Waals surface area contributed by atoms with E-state index in [0.29, 0.717) is 11.6 Å². The topological polar surface area (TPSA) is 64.7 Å². The minimum absolute atomic E-state index is 0.639. The Labute approximate surface area is 388 Å². The van der Waals surface area contributed by atoms with E-state index in [9.17, 15) is 0 Å². The molecule has 0 saturated carbocycles. The van der Waals surface area contributed by atoms with Gasteiger partial charge in [-0.1, -0.05) is 206 Å². The molecule has 0 bridgehead atoms. The van der Waals surface area contributed by atoms with Gasteiger partial charge in [0.05, 0.1) is 22.8 Å². The lowest BCUT2D eigenvalue weighted by Crippen LogP contribution is -1.99. The number of aromatic nitrogens is 4. The number of benzene rings is 9. The number of hydrogen-bond donors (Lipinski definition) is 0. The fraction of sp³-hybridized carbons (Fsp3) is 0. The Morgan fingerprint density at radius 2 is 0.627 bits per heavy atom. The summed E-state index contributed by atoms with van der Waals surface area (Å²) in [4.78, 5) is 21.1. The molecule has 0 aliphatic rings. The third-order valence-electron chi connectivity index (χ3n) is 12.4. The van der Waals surface area contributed by atoms with Crippen molar-refractivity contribution < 1.29 is 4.42 Å². The molecule has 5 heteroatoms. The predicted octanol–water partition coefficient (Wildman–Crippen LogP) is 16.2. The van der Waals surface area contributed by atoms with E-state index in [4.69, 9.17) is 24.4 Å². The zero-order valence-electron chi connectivity index (χ0n) is 36.3. The molecule has 12 aromatic rings. The van der Waals surface area contributed by atoms with Crippen LogP contribution in [0.4, 0.5) is 0 Å². The molecule has 5 nitrogen and oxygen atoms in total. The number of nitrogens with zero attached hydrogens (tertiary/aromatic N) is 4. The molecule has 0 atom stereocenters. The number of para-hydroxylation sites is 1. The highest BCUT2D eigenvalue weighted by atomic mass is 16.3. The first kappa shape index (κ1) is 39.5. The third-order valence-corrected chi connectivity index (χ3v) is 12.4. The van der Waals surface area contributed by atoms with Crippen molar-refractivity contribution in [3.63, 3.8) is 0 Å². The average molecular weight is 857 g/mol. The van der Waals surface area contributed by atoms with E-state index < -0.39 is 0 Å². The van der Waals surface area contributed by atoms with E-state index >= 15 is 0 Å². The lowest BCUT2D eigenvalue weighted by atomic mass is 9.90. The molecule has 0 N–H and O–H groups in total. The molecule has 0 amide bonds. The van der Waals surface area contributed by atoms with Crippen molar-refractivity contribution >= 4 is 21.9 Å². The molecule has 0 fully saturated rings. The average Bonchev–Trinajstić information content (AvgIpc) is 3.81. The van der Waals surface area contributed by atoms with Gasteiger partial charge in [0.2, 0.25) is 0 Å². The van der Waals surface area contributed by atoms with Crippen LogP contribution in [0.2, 0.25) is 0 Å². The maximum Gasteiger partial charge on any atom is 0.161 e. The Morgan fingerprint density at radius 3 is 1.15 bits per heavy atom. The van der Waals surface area contributed by atoms with Crippen molar-refractivity contribution in [1.82, 2.24) is 19.9 Å². The first-order valence-corrected chi connectivity index (χ1v) is 22.5. The second kappa shape index (κ2) is 17.1. The predicted molar refractivity (Wildman–Crippen MR) is 274 cm³/mol. The van der Waals surface area contributed by atoms with E-state index in [1.54, 1.807) is 0 Å². The van der Waals surface area contributed by atoms with Gasteiger partial charge in [0.25, 0.3) is 0 Å². The van der Waals surface area contributed by atoms with Crippen LogP contribution in [0.1, 0.15) is 0 Å². The Balaban J connectivity index is 1.05. The molecule has 0 spiro atoms. The summed E-state index contributed by atoms with van der Waals surface area (Å²) in [5.41, 5.74) is 17.4. The van der Waals surface area contributed by atoms with Crippen LogP contribution in [0.3, 0.4) is 0 Å². The van der Waals surface area contributed by atoms with Gasteiger partial charge < -0.3 is 4.42 Å². The quantitative estimate of drug-likeness (QED) is 0.145. The summed E-state index contributed by atoms with van der Waals surface area (Å²) in [7, 11) is 0. The molecular weight excluding hydrogens is 817 g/mol. The van der Waals surface area contributed by atoms with Crippen LogP contribution in [-0.4, -0.2) is 19.9 Å². The van der Waals surface area contributed by atoms with Gasteiger partial charge in [-0.2, -0.15) is 0 Å². The standard InChI is InChI=1S/C62H40N4O/c1-5-18-43(19-6-1)54-39-55(44-20-7-2-8-21-44)64-61(63-54)50-27-14-13-26-48(50)47-36-37-51(62-65-56(45-22-9-3-10-23-45)40-57(66-62)46-24-11-4-12-25-46)53(38-47)42-34-32-41(33-35-42)49-29-17-31-59-60(49)52-28-15-16-30-58(52)67-59/h1-40H. The number of hydrogen-bond acceptors (Lipinski definition) is 5. The maximum atomic E-state index is 6.29. The van der Waals surface area contributed by atoms with E-state index in [0.717, 1.165) is 111 Å². The van der Waals surface area contributed by atoms with Crippen LogP contribution in [0, 0.1) is 0 Å². The fourth-order valence-electron chi connectivity index (χ4n) is 9.08. The van der Waals surface area contributed by atoms with Gasteiger partial charge in [-0.15, -0.1) is 0 Å². The van der Waals surface area contributed by atoms with Gasteiger partial charge in [0.1, 0.15) is 11.2 Å². The summed E-state index contributed by atoms with van der Waals surface area (Å²) in [6.07, 6.45) is 0. The van der Waals surface area contributed by atoms with Crippen molar-refractivity contribution in [3.8, 4) is 101 Å². The zero-order chi connectivity index (χ0) is 44.5. The first-order chi connectivity index (χ1) is 33.2. The number of furan rings is 1. The second-order valence-electron chi connectivity index (χ2n) is 16.5. The Kier molecular flexibility index (Phi) is 10.1. The van der Waals surface area contributed by atoms with Crippen LogP contribution >= 0.6 is 0 Å². The van der Waals surface area contributed by atoms with Crippen molar-refractivity contribution in [3.05, 3.63) is 243 Å². The molecule has 3 heterocycles. The molecule has 12 rings (SSSR count). The largest absolute Gasteiger partial charge is 0.456 e. The lowest BCUT2D eigenvalue weighted by Gasteiger charge is -2.16. The second-order valence-corrected chi connectivity index (χ2v) is 16.5. The van der Waals surface area contributed by atoms with Gasteiger partial charge in [0, 0.05) is 44.2 Å². The number of fused-ring (bicyclic) bond motifs is 3. The molecule has 9 aromatic carbocycles. The minimum Gasteiger partial charge on any atom is -0.456 e. The summed E-state index contributed by atoms with van der Waals surface area (Å²) in [6.45, 7) is 0. The van der Waals surface area contributed by atoms with Crippen LogP contribution in [0.15, 0.2) is 247 Å². The summed E-state index contributed by atoms with van der Waals surface area (Å²) in [5.74, 6) is 1.29. The Morgan fingerprint density at radius 1 is 0.239 bits per heavy atom. The third kappa shape index (κ3) is 7.64. The summed E-state index contributed by atoms with van der Waals surface area (Å²) in [6, 6.07) is 83.9. The van der Waals surface area contributed by atoms with Crippen molar-refractivity contribution in [1.29, 1.82) is 0 Å². The Hall–Kier alpha value is -9.06. The summed E-state index contributed by atoms with van der Waals surface area (Å²) < 4.78 is 6.29. The molecule has 0 aliphatic carbocycles. The SMILES string of the molecule is c1ccc(-c2cc(-c3ccccc3)nc(-c3ccccc3-c3ccc(-c4nc(-c5ccccc5)cc(-c5ccccc5)n4)c(-c4ccc(-c5cccc6oc7ccccc7c56)cc4)c3)n2)cc1. The van der Waals surface area contributed by atoms with E-state index in [-0.39, 0.29) is 0 Å². The highest BCUT2D eigenvalue weighted by molar-refractivity contribution is 6.12. The molecule has 0 saturated heterocycles. The molecule has 0 aliphatic heterocycles. The monoisotopic (exact) mass is 856 g/mol. The van der Waals surface area contributed by atoms with E-state index in [1.807, 2.05) is 91.0 Å². The van der Waals surface area contributed by atoms with Gasteiger partial charge in [-0.25, -0.2) is 19.9 Å². The highest BCUT2D eigenvalue weighted by Crippen LogP contribution is 2.42. The Bertz CT molecular complexity index is 3600. The normalized spacial score (nSPS) is 11.3. The smallest absolute Gasteiger partial charge is 0.161 e. The van der Waals surface area contributed by atoms with Gasteiger partial charge in [0.15, 0.2) is 11.6 Å². The summed E-state index contributed by atoms with van der Waals surface area (Å²) >= 11 is 0. The zero-order valence-corrected chi connectivity index (χ0v) is 36.3. The van der Waals surface area contributed by atoms with E-state index in [2.05, 4.69) is 152 Å². The maximum absolute atomic E-state index is 6.29. The molecule has 0 radical (unpaired) electrons. The molecule has 0 unspecified atom stereocenters. The van der Waals surface area contributed by atoms with Crippen molar-refractivity contribution in [2.75, 3.05) is 0 Å². The van der Waals surface area contributed by atoms with Gasteiger partial charge in [-0.05, 0) is 69.8 Å². The summed E-state index contributed by atoms with van der Waals surface area (Å²) in [5, 5.41) is 2.21. The van der Waals surface area contributed by atoms with Crippen LogP contribution in [0.25, 0.3) is 123 Å². The number of rotatable bonds is 9. The minimum atomic E-state index is 0.639. The van der Waals surface area contributed by atoms with E-state index in [1.165, 1.54) is 0 Å². The molecule has 3 aromatic heterocycles. The first-order valence-electron chi connectivity index (χ1n) is 22.5. The van der Waals surface area contributed by atoms with Crippen molar-refractivity contribution in [2.45, 2.75) is 0 Å². The molecular formula is C62H40N4O. The lowest BCUT2D eigenvalue weighted by molar-refractivity contribution is 0.669. The fourth-order valence-corrected chi connectivity index (χ4v) is 9.08.